The predicted molar refractivity (Wildman–Crippen MR) is 118 cm³/mol. The Hall–Kier alpha value is -2.97. The zero-order valence-corrected chi connectivity index (χ0v) is 18.4. The molecule has 3 aromatic rings. The standard InChI is InChI=1S/C22H20N2O4S2/c1-4-28-21(26)18-13(2)23-22-24(19(18)15-6-5-7-16(11-15)27-3)20(25)17(30-22)10-14-8-9-29-12-14/h5-12,19H,4H2,1-3H3/b17-10-/t19-/m0/s1. The van der Waals surface area contributed by atoms with Gasteiger partial charge in [0.1, 0.15) is 5.75 Å². The molecule has 3 heterocycles. The van der Waals surface area contributed by atoms with Crippen molar-refractivity contribution in [2.45, 2.75) is 19.9 Å². The van der Waals surface area contributed by atoms with Crippen LogP contribution < -0.4 is 19.6 Å². The molecule has 1 aromatic carbocycles. The number of hydrogen-bond donors (Lipinski definition) is 0. The number of hydrogen-bond acceptors (Lipinski definition) is 7. The minimum absolute atomic E-state index is 0.188. The monoisotopic (exact) mass is 440 g/mol. The van der Waals surface area contributed by atoms with E-state index in [2.05, 4.69) is 4.99 Å². The van der Waals surface area contributed by atoms with Gasteiger partial charge in [0.05, 0.1) is 35.6 Å². The van der Waals surface area contributed by atoms with Crippen molar-refractivity contribution in [3.63, 3.8) is 0 Å². The number of fused-ring (bicyclic) bond motifs is 1. The molecule has 8 heteroatoms. The van der Waals surface area contributed by atoms with Gasteiger partial charge in [0, 0.05) is 0 Å². The summed E-state index contributed by atoms with van der Waals surface area (Å²) in [5, 5.41) is 3.94. The van der Waals surface area contributed by atoms with Crippen LogP contribution in [0.15, 0.2) is 62.1 Å². The summed E-state index contributed by atoms with van der Waals surface area (Å²) in [6.45, 7) is 3.77. The third-order valence-electron chi connectivity index (χ3n) is 4.77. The van der Waals surface area contributed by atoms with E-state index in [0.29, 0.717) is 26.4 Å². The fourth-order valence-corrected chi connectivity index (χ4v) is 5.09. The zero-order chi connectivity index (χ0) is 21.3. The van der Waals surface area contributed by atoms with Gasteiger partial charge in [0.15, 0.2) is 4.80 Å². The Balaban J connectivity index is 1.98. The van der Waals surface area contributed by atoms with Gasteiger partial charge >= 0.3 is 5.97 Å². The van der Waals surface area contributed by atoms with Crippen LogP contribution in [0.25, 0.3) is 6.08 Å². The van der Waals surface area contributed by atoms with E-state index >= 15 is 0 Å². The number of carbonyl (C=O) groups excluding carboxylic acids is 1. The third-order valence-corrected chi connectivity index (χ3v) is 6.45. The summed E-state index contributed by atoms with van der Waals surface area (Å²) in [7, 11) is 1.58. The van der Waals surface area contributed by atoms with Crippen LogP contribution in [0.1, 0.15) is 31.0 Å². The molecule has 0 amide bonds. The lowest BCUT2D eigenvalue weighted by Gasteiger charge is -2.24. The van der Waals surface area contributed by atoms with Crippen LogP contribution in [0.5, 0.6) is 5.75 Å². The summed E-state index contributed by atoms with van der Waals surface area (Å²) in [5.74, 6) is 0.171. The summed E-state index contributed by atoms with van der Waals surface area (Å²) in [6.07, 6.45) is 1.85. The van der Waals surface area contributed by atoms with Crippen molar-refractivity contribution in [3.8, 4) is 5.75 Å². The molecule has 154 valence electrons. The molecule has 0 saturated carbocycles. The van der Waals surface area contributed by atoms with Crippen molar-refractivity contribution >= 4 is 34.7 Å². The van der Waals surface area contributed by atoms with Crippen LogP contribution in [0.2, 0.25) is 0 Å². The van der Waals surface area contributed by atoms with Crippen molar-refractivity contribution in [1.82, 2.24) is 4.57 Å². The second-order valence-corrected chi connectivity index (χ2v) is 8.42. The van der Waals surface area contributed by atoms with Crippen LogP contribution >= 0.6 is 22.7 Å². The Bertz CT molecular complexity index is 1300. The summed E-state index contributed by atoms with van der Waals surface area (Å²) in [5.41, 5.74) is 2.44. The topological polar surface area (TPSA) is 69.9 Å². The van der Waals surface area contributed by atoms with E-state index in [9.17, 15) is 9.59 Å². The fraction of sp³-hybridized carbons (Fsp3) is 0.227. The van der Waals surface area contributed by atoms with Crippen molar-refractivity contribution in [2.24, 2.45) is 4.99 Å². The number of thiazole rings is 1. The summed E-state index contributed by atoms with van der Waals surface area (Å²) >= 11 is 2.88. The van der Waals surface area contributed by atoms with Gasteiger partial charge in [-0.3, -0.25) is 9.36 Å². The smallest absolute Gasteiger partial charge is 0.338 e. The van der Waals surface area contributed by atoms with Gasteiger partial charge in [0.2, 0.25) is 0 Å². The van der Waals surface area contributed by atoms with Crippen LogP contribution in [0.3, 0.4) is 0 Å². The molecule has 0 radical (unpaired) electrons. The molecular formula is C22H20N2O4S2. The van der Waals surface area contributed by atoms with Gasteiger partial charge in [-0.05, 0) is 60.0 Å². The molecule has 30 heavy (non-hydrogen) atoms. The van der Waals surface area contributed by atoms with E-state index in [-0.39, 0.29) is 12.2 Å². The van der Waals surface area contributed by atoms with E-state index < -0.39 is 12.0 Å². The minimum atomic E-state index is -0.639. The highest BCUT2D eigenvalue weighted by molar-refractivity contribution is 7.08. The number of ether oxygens (including phenoxy) is 2. The minimum Gasteiger partial charge on any atom is -0.497 e. The molecule has 0 N–H and O–H groups in total. The number of rotatable bonds is 5. The molecular weight excluding hydrogens is 420 g/mol. The number of benzene rings is 1. The Morgan fingerprint density at radius 3 is 2.87 bits per heavy atom. The van der Waals surface area contributed by atoms with E-state index in [1.165, 1.54) is 11.3 Å². The maximum Gasteiger partial charge on any atom is 0.338 e. The van der Waals surface area contributed by atoms with E-state index in [4.69, 9.17) is 9.47 Å². The van der Waals surface area contributed by atoms with Crippen molar-refractivity contribution in [2.75, 3.05) is 13.7 Å². The number of aromatic nitrogens is 1. The highest BCUT2D eigenvalue weighted by atomic mass is 32.1. The quantitative estimate of drug-likeness (QED) is 0.572. The molecule has 0 unspecified atom stereocenters. The second kappa shape index (κ2) is 8.41. The Morgan fingerprint density at radius 2 is 2.17 bits per heavy atom. The lowest BCUT2D eigenvalue weighted by Crippen LogP contribution is -2.39. The van der Waals surface area contributed by atoms with Crippen molar-refractivity contribution < 1.29 is 14.3 Å². The first-order valence-electron chi connectivity index (χ1n) is 9.39. The van der Waals surface area contributed by atoms with Crippen molar-refractivity contribution in [1.29, 1.82) is 0 Å². The molecule has 1 aliphatic rings. The van der Waals surface area contributed by atoms with Gasteiger partial charge in [-0.1, -0.05) is 23.5 Å². The van der Waals surface area contributed by atoms with E-state index in [1.54, 1.807) is 36.9 Å². The summed E-state index contributed by atoms with van der Waals surface area (Å²) < 4.78 is 12.8. The predicted octanol–water partition coefficient (Wildman–Crippen LogP) is 2.87. The molecule has 1 atom stereocenters. The highest BCUT2D eigenvalue weighted by Crippen LogP contribution is 2.32. The molecule has 0 saturated heterocycles. The maximum absolute atomic E-state index is 13.4. The second-order valence-electron chi connectivity index (χ2n) is 6.64. The van der Waals surface area contributed by atoms with Gasteiger partial charge < -0.3 is 9.47 Å². The van der Waals surface area contributed by atoms with Crippen LogP contribution in [-0.4, -0.2) is 24.3 Å². The number of methoxy groups -OCH3 is 1. The van der Waals surface area contributed by atoms with Gasteiger partial charge in [-0.25, -0.2) is 9.79 Å². The van der Waals surface area contributed by atoms with Crippen LogP contribution in [0.4, 0.5) is 0 Å². The fourth-order valence-electron chi connectivity index (χ4n) is 3.43. The molecule has 4 rings (SSSR count). The number of thiophene rings is 1. The van der Waals surface area contributed by atoms with Crippen molar-refractivity contribution in [3.05, 3.63) is 83.2 Å². The molecule has 0 fully saturated rings. The molecule has 0 spiro atoms. The van der Waals surface area contributed by atoms with E-state index in [0.717, 1.165) is 11.1 Å². The van der Waals surface area contributed by atoms with Gasteiger partial charge in [-0.2, -0.15) is 11.3 Å². The Morgan fingerprint density at radius 1 is 1.33 bits per heavy atom. The maximum atomic E-state index is 13.4. The highest BCUT2D eigenvalue weighted by Gasteiger charge is 2.33. The first-order chi connectivity index (χ1) is 14.5. The average Bonchev–Trinajstić information content (AvgIpc) is 3.35. The first-order valence-corrected chi connectivity index (χ1v) is 11.1. The number of esters is 1. The molecule has 0 aliphatic carbocycles. The first kappa shape index (κ1) is 20.3. The average molecular weight is 441 g/mol. The Kier molecular flexibility index (Phi) is 5.69. The Labute approximate surface area is 181 Å². The molecule has 6 nitrogen and oxygen atoms in total. The van der Waals surface area contributed by atoms with Crippen LogP contribution in [0, 0.1) is 0 Å². The van der Waals surface area contributed by atoms with Gasteiger partial charge in [-0.15, -0.1) is 0 Å². The van der Waals surface area contributed by atoms with E-state index in [1.807, 2.05) is 47.2 Å². The molecule has 2 aromatic heterocycles. The molecule has 0 bridgehead atoms. The number of nitrogens with zero attached hydrogens (tertiary/aromatic N) is 2. The lowest BCUT2D eigenvalue weighted by atomic mass is 9.95. The third kappa shape index (κ3) is 3.64. The number of carbonyl (C=O) groups is 1. The zero-order valence-electron chi connectivity index (χ0n) is 16.7. The number of allylic oxidation sites excluding steroid dienone is 1. The largest absolute Gasteiger partial charge is 0.497 e. The summed E-state index contributed by atoms with van der Waals surface area (Å²) in [6, 6.07) is 8.69. The lowest BCUT2D eigenvalue weighted by molar-refractivity contribution is -0.139. The SMILES string of the molecule is CCOC(=O)C1=C(C)N=c2s/c(=C\c3ccsc3)c(=O)n2[C@H]1c1cccc(OC)c1. The van der Waals surface area contributed by atoms with Gasteiger partial charge in [0.25, 0.3) is 5.56 Å². The normalized spacial score (nSPS) is 16.2. The van der Waals surface area contributed by atoms with Crippen LogP contribution in [-0.2, 0) is 9.53 Å². The molecule has 1 aliphatic heterocycles. The summed E-state index contributed by atoms with van der Waals surface area (Å²) in [4.78, 5) is 31.4.